The summed E-state index contributed by atoms with van der Waals surface area (Å²) in [6, 6.07) is 5.88. The molecule has 1 aliphatic heterocycles. The summed E-state index contributed by atoms with van der Waals surface area (Å²) < 4.78 is 16.3. The van der Waals surface area contributed by atoms with Gasteiger partial charge in [-0.3, -0.25) is 0 Å². The Kier molecular flexibility index (Phi) is 4.82. The van der Waals surface area contributed by atoms with Crippen molar-refractivity contribution in [2.45, 2.75) is 44.8 Å². The lowest BCUT2D eigenvalue weighted by Gasteiger charge is -2.33. The summed E-state index contributed by atoms with van der Waals surface area (Å²) in [7, 11) is 3.01. The van der Waals surface area contributed by atoms with E-state index in [9.17, 15) is 9.90 Å². The number of aliphatic hydroxyl groups is 1. The number of benzene rings is 1. The summed E-state index contributed by atoms with van der Waals surface area (Å²) in [5.41, 5.74) is 0.575. The number of carbonyl (C=O) groups excluding carboxylic acids is 1. The number of hydrogen-bond donors (Lipinski definition) is 1. The normalized spacial score (nSPS) is 27.1. The van der Waals surface area contributed by atoms with E-state index in [-0.39, 0.29) is 18.1 Å². The first-order valence-electron chi connectivity index (χ1n) is 8.74. The molecule has 0 unspecified atom stereocenters. The minimum Gasteiger partial charge on any atom is -0.493 e. The highest BCUT2D eigenvalue weighted by atomic mass is 16.5. The molecule has 25 heavy (non-hydrogen) atoms. The molecule has 138 valence electrons. The SMILES string of the molecule is COC(=O)N1C[C@@H](c2ccc(OC)c(OC3CC3)c2)[C@](C)([C@@H](C)O)C1. The number of amides is 1. The second kappa shape index (κ2) is 6.75. The molecule has 2 aliphatic rings. The number of carbonyl (C=O) groups is 1. The average molecular weight is 349 g/mol. The predicted octanol–water partition coefficient (Wildman–Crippen LogP) is 2.79. The van der Waals surface area contributed by atoms with Crippen LogP contribution in [0, 0.1) is 5.41 Å². The van der Waals surface area contributed by atoms with Crippen LogP contribution in [0.15, 0.2) is 18.2 Å². The van der Waals surface area contributed by atoms with Crippen molar-refractivity contribution in [3.8, 4) is 11.5 Å². The van der Waals surface area contributed by atoms with Gasteiger partial charge in [-0.05, 0) is 37.5 Å². The van der Waals surface area contributed by atoms with Crippen LogP contribution in [-0.4, -0.2) is 55.6 Å². The van der Waals surface area contributed by atoms with Crippen molar-refractivity contribution in [1.82, 2.24) is 4.90 Å². The van der Waals surface area contributed by atoms with Crippen molar-refractivity contribution < 1.29 is 24.1 Å². The molecule has 1 amide bonds. The van der Waals surface area contributed by atoms with Crippen LogP contribution >= 0.6 is 0 Å². The molecule has 1 saturated heterocycles. The summed E-state index contributed by atoms with van der Waals surface area (Å²) in [5, 5.41) is 10.4. The number of ether oxygens (including phenoxy) is 3. The topological polar surface area (TPSA) is 68.2 Å². The third-order valence-electron chi connectivity index (χ3n) is 5.53. The maximum Gasteiger partial charge on any atom is 0.409 e. The highest BCUT2D eigenvalue weighted by Crippen LogP contribution is 2.47. The first-order chi connectivity index (χ1) is 11.9. The molecule has 0 spiro atoms. The zero-order valence-electron chi connectivity index (χ0n) is 15.3. The second-order valence-corrected chi connectivity index (χ2v) is 7.31. The Morgan fingerprint density at radius 3 is 2.60 bits per heavy atom. The highest BCUT2D eigenvalue weighted by molar-refractivity contribution is 5.68. The molecule has 3 atom stereocenters. The Morgan fingerprint density at radius 2 is 2.04 bits per heavy atom. The van der Waals surface area contributed by atoms with Crippen LogP contribution in [-0.2, 0) is 4.74 Å². The number of likely N-dealkylation sites (tertiary alicyclic amines) is 1. The quantitative estimate of drug-likeness (QED) is 0.885. The van der Waals surface area contributed by atoms with E-state index in [0.717, 1.165) is 24.2 Å². The lowest BCUT2D eigenvalue weighted by Crippen LogP contribution is -2.38. The van der Waals surface area contributed by atoms with Crippen molar-refractivity contribution in [1.29, 1.82) is 0 Å². The van der Waals surface area contributed by atoms with Crippen LogP contribution in [0.25, 0.3) is 0 Å². The molecule has 1 N–H and O–H groups in total. The number of methoxy groups -OCH3 is 2. The Labute approximate surface area is 148 Å². The van der Waals surface area contributed by atoms with E-state index in [1.165, 1.54) is 7.11 Å². The third kappa shape index (κ3) is 3.40. The van der Waals surface area contributed by atoms with Gasteiger partial charge in [0.25, 0.3) is 0 Å². The zero-order chi connectivity index (χ0) is 18.2. The average Bonchev–Trinajstić information content (AvgIpc) is 3.34. The molecular formula is C19H27NO5. The van der Waals surface area contributed by atoms with Gasteiger partial charge in [-0.1, -0.05) is 13.0 Å². The first kappa shape index (κ1) is 17.9. The van der Waals surface area contributed by atoms with Gasteiger partial charge in [-0.15, -0.1) is 0 Å². The summed E-state index contributed by atoms with van der Waals surface area (Å²) in [5.74, 6) is 1.42. The summed E-state index contributed by atoms with van der Waals surface area (Å²) in [4.78, 5) is 13.7. The fraction of sp³-hybridized carbons (Fsp3) is 0.632. The number of rotatable bonds is 5. The number of aliphatic hydroxyl groups excluding tert-OH is 1. The lowest BCUT2D eigenvalue weighted by atomic mass is 9.72. The highest BCUT2D eigenvalue weighted by Gasteiger charge is 2.48. The molecule has 3 rings (SSSR count). The molecule has 0 bridgehead atoms. The van der Waals surface area contributed by atoms with Gasteiger partial charge >= 0.3 is 6.09 Å². The fourth-order valence-corrected chi connectivity index (χ4v) is 3.56. The molecule has 0 aromatic heterocycles. The van der Waals surface area contributed by atoms with Crippen LogP contribution in [0.4, 0.5) is 4.79 Å². The van der Waals surface area contributed by atoms with E-state index in [4.69, 9.17) is 14.2 Å². The summed E-state index contributed by atoms with van der Waals surface area (Å²) >= 11 is 0. The second-order valence-electron chi connectivity index (χ2n) is 7.31. The molecule has 1 aromatic rings. The van der Waals surface area contributed by atoms with E-state index < -0.39 is 11.5 Å². The standard InChI is InChI=1S/C19H27NO5/c1-12(21)19(2)11-20(18(22)24-4)10-15(19)13-5-8-16(23-3)17(9-13)25-14-6-7-14/h5,8-9,12,14-15,21H,6-7,10-11H2,1-4H3/t12-,15+,19+/m1/s1. The molecule has 6 nitrogen and oxygen atoms in total. The Hall–Kier alpha value is -1.95. The van der Waals surface area contributed by atoms with Crippen LogP contribution in [0.5, 0.6) is 11.5 Å². The van der Waals surface area contributed by atoms with Crippen LogP contribution < -0.4 is 9.47 Å². The minimum atomic E-state index is -0.568. The molecule has 2 fully saturated rings. The molecule has 1 heterocycles. The monoisotopic (exact) mass is 349 g/mol. The Bertz CT molecular complexity index is 643. The van der Waals surface area contributed by atoms with Gasteiger partial charge < -0.3 is 24.2 Å². The lowest BCUT2D eigenvalue weighted by molar-refractivity contribution is 0.0470. The molecule has 1 saturated carbocycles. The minimum absolute atomic E-state index is 0.0148. The van der Waals surface area contributed by atoms with Crippen molar-refractivity contribution in [3.63, 3.8) is 0 Å². The fourth-order valence-electron chi connectivity index (χ4n) is 3.56. The Morgan fingerprint density at radius 1 is 1.32 bits per heavy atom. The van der Waals surface area contributed by atoms with Gasteiger partial charge in [-0.2, -0.15) is 0 Å². The number of nitrogens with zero attached hydrogens (tertiary/aromatic N) is 1. The van der Waals surface area contributed by atoms with E-state index >= 15 is 0 Å². The first-order valence-corrected chi connectivity index (χ1v) is 8.74. The maximum atomic E-state index is 12.0. The van der Waals surface area contributed by atoms with Crippen molar-refractivity contribution in [2.75, 3.05) is 27.3 Å². The summed E-state index contributed by atoms with van der Waals surface area (Å²) in [6.45, 7) is 4.74. The molecule has 1 aliphatic carbocycles. The van der Waals surface area contributed by atoms with Gasteiger partial charge in [0, 0.05) is 24.4 Å². The van der Waals surface area contributed by atoms with Gasteiger partial charge in [0.2, 0.25) is 0 Å². The van der Waals surface area contributed by atoms with Gasteiger partial charge in [0.05, 0.1) is 26.4 Å². The van der Waals surface area contributed by atoms with E-state index in [1.807, 2.05) is 25.1 Å². The zero-order valence-corrected chi connectivity index (χ0v) is 15.3. The van der Waals surface area contributed by atoms with E-state index in [0.29, 0.717) is 18.8 Å². The van der Waals surface area contributed by atoms with Gasteiger partial charge in [0.1, 0.15) is 0 Å². The molecule has 6 heteroatoms. The predicted molar refractivity (Wildman–Crippen MR) is 93.2 cm³/mol. The van der Waals surface area contributed by atoms with Crippen LogP contribution in [0.2, 0.25) is 0 Å². The van der Waals surface area contributed by atoms with Crippen molar-refractivity contribution >= 4 is 6.09 Å². The molecule has 0 radical (unpaired) electrons. The van der Waals surface area contributed by atoms with Crippen LogP contribution in [0.1, 0.15) is 38.2 Å². The van der Waals surface area contributed by atoms with Gasteiger partial charge in [-0.25, -0.2) is 4.79 Å². The Balaban J connectivity index is 1.93. The molecular weight excluding hydrogens is 322 g/mol. The van der Waals surface area contributed by atoms with Crippen molar-refractivity contribution in [2.24, 2.45) is 5.41 Å². The smallest absolute Gasteiger partial charge is 0.409 e. The van der Waals surface area contributed by atoms with Gasteiger partial charge in [0.15, 0.2) is 11.5 Å². The van der Waals surface area contributed by atoms with Crippen molar-refractivity contribution in [3.05, 3.63) is 23.8 Å². The third-order valence-corrected chi connectivity index (χ3v) is 5.53. The number of hydrogen-bond acceptors (Lipinski definition) is 5. The van der Waals surface area contributed by atoms with E-state index in [2.05, 4.69) is 0 Å². The van der Waals surface area contributed by atoms with Crippen LogP contribution in [0.3, 0.4) is 0 Å². The molecule has 1 aromatic carbocycles. The largest absolute Gasteiger partial charge is 0.493 e. The maximum absolute atomic E-state index is 12.0. The summed E-state index contributed by atoms with van der Waals surface area (Å²) in [6.07, 6.45) is 1.47. The van der Waals surface area contributed by atoms with E-state index in [1.54, 1.807) is 18.9 Å².